The van der Waals surface area contributed by atoms with E-state index in [1.165, 1.54) is 12.8 Å². The molecule has 1 heterocycles. The smallest absolute Gasteiger partial charge is 0.170 e. The van der Waals surface area contributed by atoms with Gasteiger partial charge in [-0.15, -0.1) is 5.10 Å². The second-order valence-corrected chi connectivity index (χ2v) is 5.00. The number of rotatable bonds is 4. The molecule has 0 aliphatic heterocycles. The van der Waals surface area contributed by atoms with Crippen molar-refractivity contribution in [3.8, 4) is 5.69 Å². The summed E-state index contributed by atoms with van der Waals surface area (Å²) in [6, 6.07) is 10.6. The molecule has 1 N–H and O–H groups in total. The Morgan fingerprint density at radius 3 is 2.78 bits per heavy atom. The van der Waals surface area contributed by atoms with Gasteiger partial charge in [0.05, 0.1) is 12.2 Å². The Morgan fingerprint density at radius 1 is 1.28 bits per heavy atom. The first-order valence-corrected chi connectivity index (χ1v) is 6.39. The maximum absolute atomic E-state index is 4.08. The molecule has 0 spiro atoms. The molecule has 1 saturated carbocycles. The van der Waals surface area contributed by atoms with Gasteiger partial charge in [0.25, 0.3) is 0 Å². The molecular weight excluding hydrogens is 226 g/mol. The number of nitrogens with one attached hydrogen (secondary N) is 1. The van der Waals surface area contributed by atoms with Gasteiger partial charge >= 0.3 is 0 Å². The van der Waals surface area contributed by atoms with Crippen LogP contribution in [0.15, 0.2) is 30.3 Å². The van der Waals surface area contributed by atoms with Gasteiger partial charge in [-0.1, -0.05) is 25.1 Å². The maximum Gasteiger partial charge on any atom is 0.170 e. The summed E-state index contributed by atoms with van der Waals surface area (Å²) in [6.45, 7) is 3.01. The molecule has 1 aliphatic carbocycles. The van der Waals surface area contributed by atoms with E-state index >= 15 is 0 Å². The van der Waals surface area contributed by atoms with E-state index in [-0.39, 0.29) is 0 Å². The summed E-state index contributed by atoms with van der Waals surface area (Å²) in [7, 11) is 0. The number of nitrogens with zero attached hydrogens (tertiary/aromatic N) is 4. The molecular formula is C13H17N5. The van der Waals surface area contributed by atoms with Crippen LogP contribution in [0.5, 0.6) is 0 Å². The van der Waals surface area contributed by atoms with Gasteiger partial charge in [-0.05, 0) is 41.3 Å². The highest BCUT2D eigenvalue weighted by Gasteiger charge is 2.25. The zero-order valence-corrected chi connectivity index (χ0v) is 10.5. The SMILES string of the molecule is CC1CC(NCc2nnnn2-c2ccccc2)C1. The van der Waals surface area contributed by atoms with Crippen LogP contribution in [-0.2, 0) is 6.54 Å². The summed E-state index contributed by atoms with van der Waals surface area (Å²) >= 11 is 0. The average molecular weight is 243 g/mol. The molecule has 94 valence electrons. The molecule has 1 aromatic heterocycles. The molecule has 1 fully saturated rings. The fourth-order valence-corrected chi connectivity index (χ4v) is 2.39. The van der Waals surface area contributed by atoms with E-state index in [1.807, 2.05) is 30.3 Å². The number of hydrogen-bond donors (Lipinski definition) is 1. The van der Waals surface area contributed by atoms with Crippen LogP contribution in [0.1, 0.15) is 25.6 Å². The van der Waals surface area contributed by atoms with Crippen molar-refractivity contribution in [3.63, 3.8) is 0 Å². The molecule has 2 aromatic rings. The zero-order valence-electron chi connectivity index (χ0n) is 10.5. The molecule has 5 nitrogen and oxygen atoms in total. The number of tetrazole rings is 1. The van der Waals surface area contributed by atoms with Crippen LogP contribution in [-0.4, -0.2) is 26.2 Å². The lowest BCUT2D eigenvalue weighted by atomic mass is 9.82. The first-order valence-electron chi connectivity index (χ1n) is 6.39. The largest absolute Gasteiger partial charge is 0.307 e. The lowest BCUT2D eigenvalue weighted by Crippen LogP contribution is -2.40. The minimum absolute atomic E-state index is 0.626. The van der Waals surface area contributed by atoms with Gasteiger partial charge in [-0.3, -0.25) is 0 Å². The highest BCUT2D eigenvalue weighted by atomic mass is 15.5. The summed E-state index contributed by atoms with van der Waals surface area (Å²) in [5.41, 5.74) is 1.00. The first-order chi connectivity index (χ1) is 8.83. The number of para-hydroxylation sites is 1. The highest BCUT2D eigenvalue weighted by Crippen LogP contribution is 2.26. The second kappa shape index (κ2) is 4.86. The number of hydrogen-bond acceptors (Lipinski definition) is 4. The van der Waals surface area contributed by atoms with Crippen molar-refractivity contribution in [1.82, 2.24) is 25.5 Å². The van der Waals surface area contributed by atoms with E-state index in [0.29, 0.717) is 6.04 Å². The normalized spacial score (nSPS) is 22.7. The molecule has 0 bridgehead atoms. The van der Waals surface area contributed by atoms with Gasteiger partial charge in [-0.2, -0.15) is 4.68 Å². The maximum atomic E-state index is 4.08. The van der Waals surface area contributed by atoms with E-state index < -0.39 is 0 Å². The molecule has 0 amide bonds. The number of aromatic nitrogens is 4. The molecule has 3 rings (SSSR count). The topological polar surface area (TPSA) is 55.6 Å². The van der Waals surface area contributed by atoms with Crippen molar-refractivity contribution in [1.29, 1.82) is 0 Å². The Balaban J connectivity index is 1.68. The van der Waals surface area contributed by atoms with Crippen LogP contribution in [0.4, 0.5) is 0 Å². The van der Waals surface area contributed by atoms with E-state index in [1.54, 1.807) is 4.68 Å². The van der Waals surface area contributed by atoms with Crippen molar-refractivity contribution < 1.29 is 0 Å². The van der Waals surface area contributed by atoms with Gasteiger partial charge in [0.2, 0.25) is 0 Å². The Hall–Kier alpha value is -1.75. The zero-order chi connectivity index (χ0) is 12.4. The van der Waals surface area contributed by atoms with E-state index in [9.17, 15) is 0 Å². The summed E-state index contributed by atoms with van der Waals surface area (Å²) in [6.07, 6.45) is 2.51. The van der Waals surface area contributed by atoms with Crippen molar-refractivity contribution in [3.05, 3.63) is 36.2 Å². The Morgan fingerprint density at radius 2 is 2.06 bits per heavy atom. The molecule has 18 heavy (non-hydrogen) atoms. The van der Waals surface area contributed by atoms with Crippen molar-refractivity contribution in [2.24, 2.45) is 5.92 Å². The predicted octanol–water partition coefficient (Wildman–Crippen LogP) is 1.55. The Bertz CT molecular complexity index is 501. The van der Waals surface area contributed by atoms with E-state index in [4.69, 9.17) is 0 Å². The highest BCUT2D eigenvalue weighted by molar-refractivity contribution is 5.30. The molecule has 0 saturated heterocycles. The van der Waals surface area contributed by atoms with Crippen molar-refractivity contribution in [2.45, 2.75) is 32.4 Å². The molecule has 1 aromatic carbocycles. The lowest BCUT2D eigenvalue weighted by Gasteiger charge is -2.33. The second-order valence-electron chi connectivity index (χ2n) is 5.00. The summed E-state index contributed by atoms with van der Waals surface area (Å²) in [4.78, 5) is 0. The monoisotopic (exact) mass is 243 g/mol. The Kier molecular flexibility index (Phi) is 3.06. The van der Waals surface area contributed by atoms with E-state index in [2.05, 4.69) is 27.8 Å². The van der Waals surface area contributed by atoms with Gasteiger partial charge in [-0.25, -0.2) is 0 Å². The molecule has 0 unspecified atom stereocenters. The van der Waals surface area contributed by atoms with E-state index in [0.717, 1.165) is 24.0 Å². The van der Waals surface area contributed by atoms with Gasteiger partial charge in [0.15, 0.2) is 5.82 Å². The Labute approximate surface area is 106 Å². The predicted molar refractivity (Wildman–Crippen MR) is 68.2 cm³/mol. The quantitative estimate of drug-likeness (QED) is 0.885. The lowest BCUT2D eigenvalue weighted by molar-refractivity contribution is 0.238. The molecule has 0 atom stereocenters. The third-order valence-corrected chi connectivity index (χ3v) is 3.46. The first kappa shape index (κ1) is 11.3. The van der Waals surface area contributed by atoms with Crippen molar-refractivity contribution in [2.75, 3.05) is 0 Å². The average Bonchev–Trinajstić information content (AvgIpc) is 2.82. The fourth-order valence-electron chi connectivity index (χ4n) is 2.39. The van der Waals surface area contributed by atoms with Gasteiger partial charge in [0, 0.05) is 6.04 Å². The van der Waals surface area contributed by atoms with Crippen LogP contribution >= 0.6 is 0 Å². The third kappa shape index (κ3) is 2.26. The number of benzene rings is 1. The third-order valence-electron chi connectivity index (χ3n) is 3.46. The minimum Gasteiger partial charge on any atom is -0.307 e. The molecule has 1 aliphatic rings. The van der Waals surface area contributed by atoms with Crippen LogP contribution < -0.4 is 5.32 Å². The summed E-state index contributed by atoms with van der Waals surface area (Å²) in [5.74, 6) is 1.72. The van der Waals surface area contributed by atoms with Crippen LogP contribution in [0.25, 0.3) is 5.69 Å². The summed E-state index contributed by atoms with van der Waals surface area (Å²) in [5, 5.41) is 15.4. The minimum atomic E-state index is 0.626. The van der Waals surface area contributed by atoms with Crippen LogP contribution in [0, 0.1) is 5.92 Å². The summed E-state index contributed by atoms with van der Waals surface area (Å²) < 4.78 is 1.79. The van der Waals surface area contributed by atoms with Crippen molar-refractivity contribution >= 4 is 0 Å². The molecule has 5 heteroatoms. The standard InChI is InChI=1S/C13H17N5/c1-10-7-11(8-10)14-9-13-15-16-17-18(13)12-5-3-2-4-6-12/h2-6,10-11,14H,7-9H2,1H3. The van der Waals surface area contributed by atoms with Gasteiger partial charge in [0.1, 0.15) is 0 Å². The van der Waals surface area contributed by atoms with Crippen LogP contribution in [0.2, 0.25) is 0 Å². The molecule has 0 radical (unpaired) electrons. The fraction of sp³-hybridized carbons (Fsp3) is 0.462. The van der Waals surface area contributed by atoms with Crippen LogP contribution in [0.3, 0.4) is 0 Å². The van der Waals surface area contributed by atoms with Gasteiger partial charge < -0.3 is 5.32 Å².